The van der Waals surface area contributed by atoms with Gasteiger partial charge in [0, 0.05) is 24.4 Å². The summed E-state index contributed by atoms with van der Waals surface area (Å²) in [5, 5.41) is 13.7. The van der Waals surface area contributed by atoms with E-state index >= 15 is 0 Å². The van der Waals surface area contributed by atoms with Crippen LogP contribution in [0.4, 0.5) is 0 Å². The second-order valence-corrected chi connectivity index (χ2v) is 8.21. The van der Waals surface area contributed by atoms with E-state index in [-0.39, 0.29) is 0 Å². The summed E-state index contributed by atoms with van der Waals surface area (Å²) in [7, 11) is 3.66. The van der Waals surface area contributed by atoms with Crippen LogP contribution in [0.2, 0.25) is 0 Å². The zero-order chi connectivity index (χ0) is 21.9. The van der Waals surface area contributed by atoms with Crippen molar-refractivity contribution in [2.75, 3.05) is 7.11 Å². The van der Waals surface area contributed by atoms with Crippen molar-refractivity contribution < 1.29 is 4.74 Å². The van der Waals surface area contributed by atoms with Gasteiger partial charge in [0.15, 0.2) is 0 Å². The number of nitrogens with zero attached hydrogens (tertiary/aromatic N) is 5. The minimum absolute atomic E-state index is 0.804. The predicted octanol–water partition coefficient (Wildman–Crippen LogP) is 5.04. The van der Waals surface area contributed by atoms with Gasteiger partial charge in [-0.25, -0.2) is 4.68 Å². The Morgan fingerprint density at radius 2 is 1.69 bits per heavy atom. The number of hydrogen-bond acceptors (Lipinski definition) is 5. The van der Waals surface area contributed by atoms with Crippen molar-refractivity contribution in [1.29, 1.82) is 0 Å². The maximum atomic E-state index is 5.29. The number of thiazole rings is 1. The largest absolute Gasteiger partial charge is 0.497 e. The van der Waals surface area contributed by atoms with Gasteiger partial charge in [0.1, 0.15) is 11.4 Å². The zero-order valence-electron chi connectivity index (χ0n) is 17.7. The topological polar surface area (TPSA) is 56.7 Å². The zero-order valence-corrected chi connectivity index (χ0v) is 18.5. The van der Waals surface area contributed by atoms with Crippen LogP contribution in [0.25, 0.3) is 27.2 Å². The average Bonchev–Trinajstić information content (AvgIpc) is 3.41. The van der Waals surface area contributed by atoms with Crippen LogP contribution in [0, 0.1) is 0 Å². The minimum Gasteiger partial charge on any atom is -0.497 e. The quantitative estimate of drug-likeness (QED) is 0.285. The highest BCUT2D eigenvalue weighted by Crippen LogP contribution is 2.25. The molecule has 5 rings (SSSR count). The molecule has 0 fully saturated rings. The highest BCUT2D eigenvalue weighted by atomic mass is 32.1. The third-order valence-corrected chi connectivity index (χ3v) is 6.28. The van der Waals surface area contributed by atoms with Crippen molar-refractivity contribution >= 4 is 27.8 Å². The van der Waals surface area contributed by atoms with Gasteiger partial charge in [-0.3, -0.25) is 0 Å². The number of ether oxygens (including phenoxy) is 1. The number of aromatic nitrogens is 3. The monoisotopic (exact) mass is 439 g/mol. The Hall–Kier alpha value is -3.97. The summed E-state index contributed by atoms with van der Waals surface area (Å²) < 4.78 is 10.4. The maximum Gasteiger partial charge on any atom is 0.211 e. The van der Waals surface area contributed by atoms with Crippen molar-refractivity contribution in [3.63, 3.8) is 0 Å². The van der Waals surface area contributed by atoms with E-state index in [1.54, 1.807) is 24.7 Å². The van der Waals surface area contributed by atoms with Crippen LogP contribution in [0.1, 0.15) is 5.56 Å². The normalized spacial score (nSPS) is 12.1. The van der Waals surface area contributed by atoms with Crippen LogP contribution in [-0.2, 0) is 7.05 Å². The van der Waals surface area contributed by atoms with E-state index in [1.807, 2.05) is 84.7 Å². The lowest BCUT2D eigenvalue weighted by atomic mass is 10.1. The Labute approximate surface area is 189 Å². The molecular weight excluding hydrogens is 418 g/mol. The van der Waals surface area contributed by atoms with Crippen molar-refractivity contribution in [2.24, 2.45) is 17.3 Å². The number of rotatable bonds is 5. The average molecular weight is 440 g/mol. The molecule has 0 saturated heterocycles. The van der Waals surface area contributed by atoms with Crippen molar-refractivity contribution in [3.05, 3.63) is 95.4 Å². The van der Waals surface area contributed by atoms with Crippen LogP contribution < -0.4 is 9.54 Å². The van der Waals surface area contributed by atoms with Crippen LogP contribution in [0.15, 0.2) is 95.3 Å². The molecule has 6 nitrogen and oxygen atoms in total. The van der Waals surface area contributed by atoms with Crippen molar-refractivity contribution in [2.45, 2.75) is 0 Å². The number of hydrogen-bond donors (Lipinski definition) is 0. The number of aryl methyl sites for hydroxylation is 1. The first kappa shape index (κ1) is 20.0. The first-order chi connectivity index (χ1) is 15.7. The van der Waals surface area contributed by atoms with Crippen molar-refractivity contribution in [1.82, 2.24) is 14.3 Å². The standard InChI is InChI=1S/C25H21N5OS/c1-29-22-10-6-7-11-23(22)32-25(29)27-26-16-19-17-30(20-8-4-3-5-9-20)28-24(19)18-12-14-21(31-2)15-13-18/h3-17H,1-2H3. The molecule has 0 amide bonds. The molecule has 5 aromatic rings. The molecule has 0 atom stereocenters. The predicted molar refractivity (Wildman–Crippen MR) is 130 cm³/mol. The van der Waals surface area contributed by atoms with Gasteiger partial charge >= 0.3 is 0 Å². The Morgan fingerprint density at radius 1 is 0.938 bits per heavy atom. The van der Waals surface area contributed by atoms with Gasteiger partial charge in [-0.2, -0.15) is 10.2 Å². The fourth-order valence-electron chi connectivity index (χ4n) is 3.49. The van der Waals surface area contributed by atoms with Gasteiger partial charge in [-0.15, -0.1) is 5.10 Å². The molecule has 7 heteroatoms. The molecule has 3 aromatic carbocycles. The number of benzene rings is 3. The SMILES string of the molecule is COc1ccc(-c2nn(-c3ccccc3)cc2C=NN=c2sc3ccccc3n2C)cc1. The number of methoxy groups -OCH3 is 1. The molecule has 0 radical (unpaired) electrons. The second kappa shape index (κ2) is 8.64. The van der Waals surface area contributed by atoms with E-state index in [1.165, 1.54) is 4.70 Å². The molecule has 0 spiro atoms. The van der Waals surface area contributed by atoms with Gasteiger partial charge in [0.2, 0.25) is 4.80 Å². The first-order valence-electron chi connectivity index (χ1n) is 10.1. The summed E-state index contributed by atoms with van der Waals surface area (Å²) in [4.78, 5) is 0.837. The number of fused-ring (bicyclic) bond motifs is 1. The van der Waals surface area contributed by atoms with E-state index in [4.69, 9.17) is 9.84 Å². The lowest BCUT2D eigenvalue weighted by Crippen LogP contribution is -2.08. The Kier molecular flexibility index (Phi) is 5.39. The van der Waals surface area contributed by atoms with E-state index in [0.29, 0.717) is 0 Å². The van der Waals surface area contributed by atoms with Crippen molar-refractivity contribution in [3.8, 4) is 22.7 Å². The van der Waals surface area contributed by atoms with Gasteiger partial charge in [0.25, 0.3) is 0 Å². The molecule has 158 valence electrons. The van der Waals surface area contributed by atoms with Gasteiger partial charge in [-0.05, 0) is 48.5 Å². The van der Waals surface area contributed by atoms with Gasteiger partial charge < -0.3 is 9.30 Å². The van der Waals surface area contributed by atoms with E-state index in [2.05, 4.69) is 26.9 Å². The molecule has 0 saturated carbocycles. The first-order valence-corrected chi connectivity index (χ1v) is 11.0. The molecule has 0 N–H and O–H groups in total. The number of para-hydroxylation sites is 2. The molecule has 0 bridgehead atoms. The Bertz CT molecular complexity index is 1460. The Morgan fingerprint density at radius 3 is 2.44 bits per heavy atom. The van der Waals surface area contributed by atoms with E-state index < -0.39 is 0 Å². The summed E-state index contributed by atoms with van der Waals surface area (Å²) >= 11 is 1.61. The lowest BCUT2D eigenvalue weighted by Gasteiger charge is -2.02. The molecular formula is C25H21N5OS. The summed E-state index contributed by atoms with van der Waals surface area (Å²) in [5.41, 5.74) is 4.81. The smallest absolute Gasteiger partial charge is 0.211 e. The molecule has 0 aliphatic heterocycles. The summed E-state index contributed by atoms with van der Waals surface area (Å²) in [6, 6.07) is 26.1. The van der Waals surface area contributed by atoms with Crippen LogP contribution in [0.5, 0.6) is 5.75 Å². The third-order valence-electron chi connectivity index (χ3n) is 5.18. The van der Waals surface area contributed by atoms with Crippen LogP contribution >= 0.6 is 11.3 Å². The summed E-state index contributed by atoms with van der Waals surface area (Å²) in [6.45, 7) is 0. The van der Waals surface area contributed by atoms with Gasteiger partial charge in [-0.1, -0.05) is 41.7 Å². The van der Waals surface area contributed by atoms with Gasteiger partial charge in [0.05, 0.1) is 29.2 Å². The maximum absolute atomic E-state index is 5.29. The molecule has 0 aliphatic rings. The molecule has 0 aliphatic carbocycles. The minimum atomic E-state index is 0.804. The third kappa shape index (κ3) is 3.86. The highest BCUT2D eigenvalue weighted by molar-refractivity contribution is 7.16. The Balaban J connectivity index is 1.56. The fraction of sp³-hybridized carbons (Fsp3) is 0.0800. The second-order valence-electron chi connectivity index (χ2n) is 7.20. The molecule has 2 aromatic heterocycles. The van der Waals surface area contributed by atoms with E-state index in [9.17, 15) is 0 Å². The lowest BCUT2D eigenvalue weighted by molar-refractivity contribution is 0.415. The fourth-order valence-corrected chi connectivity index (χ4v) is 4.46. The highest BCUT2D eigenvalue weighted by Gasteiger charge is 2.11. The molecule has 32 heavy (non-hydrogen) atoms. The van der Waals surface area contributed by atoms with Crippen LogP contribution in [-0.4, -0.2) is 27.7 Å². The summed E-state index contributed by atoms with van der Waals surface area (Å²) in [6.07, 6.45) is 3.73. The summed E-state index contributed by atoms with van der Waals surface area (Å²) in [5.74, 6) is 0.804. The van der Waals surface area contributed by atoms with E-state index in [0.717, 1.165) is 38.6 Å². The molecule has 2 heterocycles. The molecule has 0 unspecified atom stereocenters. The van der Waals surface area contributed by atoms with Crippen LogP contribution in [0.3, 0.4) is 0 Å².